The third-order valence-corrected chi connectivity index (χ3v) is 4.54. The molecule has 0 aliphatic rings. The van der Waals surface area contributed by atoms with E-state index in [9.17, 15) is 5.11 Å². The van der Waals surface area contributed by atoms with E-state index < -0.39 is 5.60 Å². The Bertz CT molecular complexity index is 697. The number of nitrogens with one attached hydrogen (secondary N) is 2. The number of aromatic nitrogens is 2. The minimum absolute atomic E-state index is 0. The lowest BCUT2D eigenvalue weighted by Crippen LogP contribution is -2.47. The van der Waals surface area contributed by atoms with Crippen LogP contribution in [0, 0.1) is 0 Å². The van der Waals surface area contributed by atoms with Crippen LogP contribution in [0.1, 0.15) is 52.0 Å². The highest BCUT2D eigenvalue weighted by atomic mass is 127. The van der Waals surface area contributed by atoms with Crippen molar-refractivity contribution in [2.24, 2.45) is 4.99 Å². The minimum Gasteiger partial charge on any atom is -0.388 e. The first-order valence-electron chi connectivity index (χ1n) is 9.92. The van der Waals surface area contributed by atoms with Crippen molar-refractivity contribution in [3.63, 3.8) is 0 Å². The fourth-order valence-electron chi connectivity index (χ4n) is 3.28. The lowest BCUT2D eigenvalue weighted by molar-refractivity contribution is 0.0257. The van der Waals surface area contributed by atoms with E-state index in [-0.39, 0.29) is 24.0 Å². The maximum atomic E-state index is 10.8. The molecular weight excluding hydrogens is 465 g/mol. The maximum Gasteiger partial charge on any atom is 0.191 e. The summed E-state index contributed by atoms with van der Waals surface area (Å²) in [7, 11) is 0. The smallest absolute Gasteiger partial charge is 0.191 e. The molecule has 0 atom stereocenters. The highest BCUT2D eigenvalue weighted by molar-refractivity contribution is 14.0. The average molecular weight is 499 g/mol. The molecule has 0 aliphatic carbocycles. The molecule has 0 spiro atoms. The number of rotatable bonds is 10. The van der Waals surface area contributed by atoms with E-state index in [2.05, 4.69) is 41.6 Å². The van der Waals surface area contributed by atoms with Gasteiger partial charge in [0, 0.05) is 25.5 Å². The van der Waals surface area contributed by atoms with Crippen molar-refractivity contribution in [2.75, 3.05) is 13.1 Å². The summed E-state index contributed by atoms with van der Waals surface area (Å²) in [5.74, 6) is 0.726. The molecule has 0 radical (unpaired) electrons. The van der Waals surface area contributed by atoms with Crippen LogP contribution in [0.15, 0.2) is 48.0 Å². The number of hydrogen-bond acceptors (Lipinski definition) is 3. The highest BCUT2D eigenvalue weighted by Gasteiger charge is 2.24. The van der Waals surface area contributed by atoms with Gasteiger partial charge < -0.3 is 20.3 Å². The van der Waals surface area contributed by atoms with E-state index in [1.54, 1.807) is 12.5 Å². The molecule has 0 unspecified atom stereocenters. The summed E-state index contributed by atoms with van der Waals surface area (Å²) in [6, 6.07) is 8.18. The van der Waals surface area contributed by atoms with Crippen molar-refractivity contribution in [3.8, 4) is 5.69 Å². The molecule has 28 heavy (non-hydrogen) atoms. The van der Waals surface area contributed by atoms with Gasteiger partial charge in [0.25, 0.3) is 0 Å². The van der Waals surface area contributed by atoms with Gasteiger partial charge in [0.1, 0.15) is 0 Å². The Morgan fingerprint density at radius 3 is 2.46 bits per heavy atom. The summed E-state index contributed by atoms with van der Waals surface area (Å²) >= 11 is 0. The van der Waals surface area contributed by atoms with Crippen LogP contribution in [0.4, 0.5) is 0 Å². The van der Waals surface area contributed by atoms with Crippen molar-refractivity contribution in [3.05, 3.63) is 48.5 Å². The highest BCUT2D eigenvalue weighted by Crippen LogP contribution is 2.18. The van der Waals surface area contributed by atoms with Crippen molar-refractivity contribution < 1.29 is 5.11 Å². The SMILES string of the molecule is CCCC(O)(CCC)CNC(=NCc1ccccc1-n1ccnc1)NCC.I. The summed E-state index contributed by atoms with van der Waals surface area (Å²) in [4.78, 5) is 8.86. The Kier molecular flexibility index (Phi) is 11.1. The zero-order chi connectivity index (χ0) is 19.5. The summed E-state index contributed by atoms with van der Waals surface area (Å²) in [5, 5.41) is 17.4. The van der Waals surface area contributed by atoms with Crippen molar-refractivity contribution in [2.45, 2.75) is 58.6 Å². The van der Waals surface area contributed by atoms with Gasteiger partial charge in [-0.25, -0.2) is 9.98 Å². The molecule has 2 rings (SSSR count). The third-order valence-electron chi connectivity index (χ3n) is 4.54. The van der Waals surface area contributed by atoms with Gasteiger partial charge in [-0.3, -0.25) is 0 Å². The molecule has 1 heterocycles. The van der Waals surface area contributed by atoms with E-state index in [1.807, 2.05) is 29.8 Å². The Hall–Kier alpha value is -1.61. The van der Waals surface area contributed by atoms with Gasteiger partial charge in [0.15, 0.2) is 5.96 Å². The molecule has 6 nitrogen and oxygen atoms in total. The van der Waals surface area contributed by atoms with Crippen LogP contribution < -0.4 is 10.6 Å². The van der Waals surface area contributed by atoms with E-state index >= 15 is 0 Å². The number of halogens is 1. The number of para-hydroxylation sites is 1. The van der Waals surface area contributed by atoms with Gasteiger partial charge in [-0.05, 0) is 31.4 Å². The summed E-state index contributed by atoms with van der Waals surface area (Å²) in [6.07, 6.45) is 9.00. The summed E-state index contributed by atoms with van der Waals surface area (Å²) in [6.45, 7) is 8.07. The van der Waals surface area contributed by atoms with Gasteiger partial charge in [-0.1, -0.05) is 44.9 Å². The first kappa shape index (κ1) is 24.4. The van der Waals surface area contributed by atoms with Gasteiger partial charge in [-0.15, -0.1) is 24.0 Å². The van der Waals surface area contributed by atoms with E-state index in [4.69, 9.17) is 4.99 Å². The van der Waals surface area contributed by atoms with Crippen LogP contribution in [-0.2, 0) is 6.54 Å². The first-order valence-corrected chi connectivity index (χ1v) is 9.92. The van der Waals surface area contributed by atoms with Crippen LogP contribution in [0.5, 0.6) is 0 Å². The van der Waals surface area contributed by atoms with E-state index in [1.165, 1.54) is 0 Å². The molecule has 1 aromatic carbocycles. The lowest BCUT2D eigenvalue weighted by Gasteiger charge is -2.28. The second-order valence-electron chi connectivity index (χ2n) is 6.87. The van der Waals surface area contributed by atoms with Crippen molar-refractivity contribution >= 4 is 29.9 Å². The van der Waals surface area contributed by atoms with Crippen LogP contribution in [0.2, 0.25) is 0 Å². The van der Waals surface area contributed by atoms with E-state index in [0.717, 1.165) is 49.4 Å². The van der Waals surface area contributed by atoms with E-state index in [0.29, 0.717) is 13.1 Å². The molecule has 0 aliphatic heterocycles. The van der Waals surface area contributed by atoms with Crippen molar-refractivity contribution in [1.29, 1.82) is 0 Å². The predicted molar refractivity (Wildman–Crippen MR) is 127 cm³/mol. The number of aliphatic hydroxyl groups is 1. The van der Waals surface area contributed by atoms with Gasteiger partial charge in [0.05, 0.1) is 24.2 Å². The Balaban J connectivity index is 0.00000392. The van der Waals surface area contributed by atoms with Crippen LogP contribution in [0.25, 0.3) is 5.69 Å². The summed E-state index contributed by atoms with van der Waals surface area (Å²) < 4.78 is 1.99. The zero-order valence-electron chi connectivity index (χ0n) is 17.2. The molecule has 156 valence electrons. The fraction of sp³-hybridized carbons (Fsp3) is 0.524. The molecule has 1 aromatic heterocycles. The third kappa shape index (κ3) is 7.43. The quantitative estimate of drug-likeness (QED) is 0.264. The summed E-state index contributed by atoms with van der Waals surface area (Å²) in [5.41, 5.74) is 1.50. The topological polar surface area (TPSA) is 74.5 Å². The Morgan fingerprint density at radius 2 is 1.86 bits per heavy atom. The standard InChI is InChI=1S/C21H33N5O.HI/c1-4-11-21(27,12-5-2)16-25-20(23-6-3)24-15-18-9-7-8-10-19(18)26-14-13-22-17-26;/h7-10,13-14,17,27H,4-6,11-12,15-16H2,1-3H3,(H2,23,24,25);1H. The molecular formula is C21H34IN5O. The molecule has 0 fully saturated rings. The van der Waals surface area contributed by atoms with Gasteiger partial charge in [0.2, 0.25) is 0 Å². The molecule has 0 saturated carbocycles. The Morgan fingerprint density at radius 1 is 1.14 bits per heavy atom. The largest absolute Gasteiger partial charge is 0.388 e. The molecule has 3 N–H and O–H groups in total. The maximum absolute atomic E-state index is 10.8. The van der Waals surface area contributed by atoms with Crippen molar-refractivity contribution in [1.82, 2.24) is 20.2 Å². The zero-order valence-corrected chi connectivity index (χ0v) is 19.5. The second kappa shape index (κ2) is 12.8. The number of guanidine groups is 1. The van der Waals surface area contributed by atoms with Gasteiger partial charge in [-0.2, -0.15) is 0 Å². The monoisotopic (exact) mass is 499 g/mol. The van der Waals surface area contributed by atoms with Gasteiger partial charge >= 0.3 is 0 Å². The Labute approximate surface area is 185 Å². The fourth-order valence-corrected chi connectivity index (χ4v) is 3.28. The number of benzene rings is 1. The normalized spacial score (nSPS) is 11.8. The molecule has 0 amide bonds. The molecule has 0 saturated heterocycles. The molecule has 2 aromatic rings. The number of imidazole rings is 1. The van der Waals surface area contributed by atoms with Crippen LogP contribution in [-0.4, -0.2) is 39.3 Å². The average Bonchev–Trinajstić information content (AvgIpc) is 3.19. The lowest BCUT2D eigenvalue weighted by atomic mass is 9.93. The number of hydrogen-bond donors (Lipinski definition) is 3. The number of aliphatic imine (C=N–C) groups is 1. The predicted octanol–water partition coefficient (Wildman–Crippen LogP) is 3.88. The minimum atomic E-state index is -0.686. The molecule has 7 heteroatoms. The van der Waals surface area contributed by atoms with Crippen LogP contribution >= 0.6 is 24.0 Å². The first-order chi connectivity index (χ1) is 13.1. The second-order valence-corrected chi connectivity index (χ2v) is 6.87. The number of nitrogens with zero attached hydrogens (tertiary/aromatic N) is 3. The molecule has 0 bridgehead atoms. The van der Waals surface area contributed by atoms with Crippen LogP contribution in [0.3, 0.4) is 0 Å².